The molecule has 0 saturated carbocycles. The fourth-order valence-electron chi connectivity index (χ4n) is 3.77. The van der Waals surface area contributed by atoms with E-state index < -0.39 is 11.9 Å². The number of hydrogen-bond donors (Lipinski definition) is 0. The summed E-state index contributed by atoms with van der Waals surface area (Å²) in [7, 11) is 0. The van der Waals surface area contributed by atoms with Crippen molar-refractivity contribution in [3.63, 3.8) is 0 Å². The Balaban J connectivity index is 1.83. The molecule has 1 aliphatic heterocycles. The second-order valence-electron chi connectivity index (χ2n) is 7.34. The summed E-state index contributed by atoms with van der Waals surface area (Å²) < 4.78 is 6.01. The molecule has 2 aromatic heterocycles. The molecule has 0 bridgehead atoms. The van der Waals surface area contributed by atoms with E-state index in [1.165, 1.54) is 16.2 Å². The molecular weight excluding hydrogens is 422 g/mol. The van der Waals surface area contributed by atoms with E-state index in [9.17, 15) is 9.59 Å². The van der Waals surface area contributed by atoms with Gasteiger partial charge in [0.25, 0.3) is 5.91 Å². The first-order valence-corrected chi connectivity index (χ1v) is 10.5. The average Bonchev–Trinajstić information content (AvgIpc) is 3.26. The van der Waals surface area contributed by atoms with E-state index in [0.29, 0.717) is 26.7 Å². The molecule has 5 rings (SSSR count). The standard InChI is InChI=1S/C22H16ClN3O3S/c1-10-8-15-16(9-11(10)2)29-20-17(19(15)27)18(13-4-6-14(23)7-5-13)26(21(20)28)22-25-24-12(3)30-22/h4-9,18H,1-3H3. The number of benzene rings is 2. The number of aromatic nitrogens is 2. The Morgan fingerprint density at radius 2 is 1.73 bits per heavy atom. The molecule has 0 spiro atoms. The van der Waals surface area contributed by atoms with Gasteiger partial charge < -0.3 is 4.42 Å². The maximum atomic E-state index is 13.6. The molecule has 3 heterocycles. The van der Waals surface area contributed by atoms with Gasteiger partial charge in [0.05, 0.1) is 17.0 Å². The smallest absolute Gasteiger partial charge is 0.297 e. The molecule has 0 aliphatic carbocycles. The Hall–Kier alpha value is -3.03. The molecule has 0 saturated heterocycles. The quantitative estimate of drug-likeness (QED) is 0.442. The highest BCUT2D eigenvalue weighted by Crippen LogP contribution is 2.42. The largest absolute Gasteiger partial charge is 0.450 e. The van der Waals surface area contributed by atoms with Crippen LogP contribution < -0.4 is 10.3 Å². The van der Waals surface area contributed by atoms with Gasteiger partial charge in [-0.2, -0.15) is 0 Å². The molecule has 1 unspecified atom stereocenters. The molecule has 2 aromatic carbocycles. The van der Waals surface area contributed by atoms with Crippen LogP contribution in [0.4, 0.5) is 5.13 Å². The number of aryl methyl sites for hydroxylation is 3. The second-order valence-corrected chi connectivity index (χ2v) is 8.94. The summed E-state index contributed by atoms with van der Waals surface area (Å²) in [5.74, 6) is -0.359. The van der Waals surface area contributed by atoms with Gasteiger partial charge in [0.15, 0.2) is 5.43 Å². The predicted octanol–water partition coefficient (Wildman–Crippen LogP) is 4.97. The lowest BCUT2D eigenvalue weighted by molar-refractivity contribution is 0.0970. The lowest BCUT2D eigenvalue weighted by Gasteiger charge is -2.22. The van der Waals surface area contributed by atoms with Gasteiger partial charge in [-0.25, -0.2) is 0 Å². The van der Waals surface area contributed by atoms with Crippen LogP contribution in [0.15, 0.2) is 45.6 Å². The van der Waals surface area contributed by atoms with E-state index >= 15 is 0 Å². The topological polar surface area (TPSA) is 76.3 Å². The third-order valence-electron chi connectivity index (χ3n) is 5.39. The lowest BCUT2D eigenvalue weighted by atomic mass is 9.97. The molecule has 0 radical (unpaired) electrons. The Labute approximate surface area is 180 Å². The van der Waals surface area contributed by atoms with Crippen molar-refractivity contribution in [2.24, 2.45) is 0 Å². The zero-order chi connectivity index (χ0) is 21.2. The number of amides is 1. The maximum Gasteiger partial charge on any atom is 0.297 e. The summed E-state index contributed by atoms with van der Waals surface area (Å²) in [6, 6.07) is 10.0. The first-order valence-electron chi connectivity index (χ1n) is 9.32. The van der Waals surface area contributed by atoms with Crippen LogP contribution in [0, 0.1) is 20.8 Å². The van der Waals surface area contributed by atoms with Crippen LogP contribution in [-0.4, -0.2) is 16.1 Å². The van der Waals surface area contributed by atoms with Crippen LogP contribution in [0.5, 0.6) is 0 Å². The van der Waals surface area contributed by atoms with Crippen molar-refractivity contribution in [2.45, 2.75) is 26.8 Å². The van der Waals surface area contributed by atoms with Crippen LogP contribution in [0.2, 0.25) is 5.02 Å². The Morgan fingerprint density at radius 1 is 1.03 bits per heavy atom. The van der Waals surface area contributed by atoms with E-state index in [4.69, 9.17) is 16.0 Å². The Bertz CT molecular complexity index is 1390. The van der Waals surface area contributed by atoms with Crippen molar-refractivity contribution in [3.05, 3.63) is 84.7 Å². The SMILES string of the molecule is Cc1nnc(N2C(=O)c3oc4cc(C)c(C)cc4c(=O)c3C2c2ccc(Cl)cc2)s1. The minimum Gasteiger partial charge on any atom is -0.450 e. The number of halogens is 1. The average molecular weight is 438 g/mol. The van der Waals surface area contributed by atoms with Gasteiger partial charge in [0, 0.05) is 5.02 Å². The third-order valence-corrected chi connectivity index (χ3v) is 6.48. The second kappa shape index (κ2) is 6.75. The van der Waals surface area contributed by atoms with Crippen molar-refractivity contribution in [2.75, 3.05) is 4.90 Å². The highest BCUT2D eigenvalue weighted by atomic mass is 35.5. The van der Waals surface area contributed by atoms with Gasteiger partial charge in [-0.3, -0.25) is 14.5 Å². The summed E-state index contributed by atoms with van der Waals surface area (Å²) in [6.07, 6.45) is 0. The molecule has 6 nitrogen and oxygen atoms in total. The van der Waals surface area contributed by atoms with Gasteiger partial charge in [0.1, 0.15) is 10.6 Å². The first-order chi connectivity index (χ1) is 14.3. The van der Waals surface area contributed by atoms with Gasteiger partial charge >= 0.3 is 0 Å². The molecule has 1 aliphatic rings. The number of nitrogens with zero attached hydrogens (tertiary/aromatic N) is 3. The Morgan fingerprint density at radius 3 is 2.40 bits per heavy atom. The summed E-state index contributed by atoms with van der Waals surface area (Å²) in [4.78, 5) is 28.5. The van der Waals surface area contributed by atoms with E-state index in [1.54, 1.807) is 30.3 Å². The van der Waals surface area contributed by atoms with Gasteiger partial charge in [-0.05, 0) is 61.7 Å². The number of carbonyl (C=O) groups excluding carboxylic acids is 1. The van der Waals surface area contributed by atoms with Crippen molar-refractivity contribution in [1.82, 2.24) is 10.2 Å². The van der Waals surface area contributed by atoms with Crippen LogP contribution in [-0.2, 0) is 0 Å². The van der Waals surface area contributed by atoms with Crippen molar-refractivity contribution < 1.29 is 9.21 Å². The van der Waals surface area contributed by atoms with Gasteiger partial charge in [-0.15, -0.1) is 10.2 Å². The molecule has 4 aromatic rings. The highest BCUT2D eigenvalue weighted by Gasteiger charge is 2.45. The first kappa shape index (κ1) is 19.0. The molecule has 30 heavy (non-hydrogen) atoms. The van der Waals surface area contributed by atoms with Crippen molar-refractivity contribution >= 4 is 44.9 Å². The number of fused-ring (bicyclic) bond motifs is 2. The highest BCUT2D eigenvalue weighted by molar-refractivity contribution is 7.15. The van der Waals surface area contributed by atoms with Crippen LogP contribution in [0.3, 0.4) is 0 Å². The number of rotatable bonds is 2. The van der Waals surface area contributed by atoms with Gasteiger partial charge in [0.2, 0.25) is 10.9 Å². The fourth-order valence-corrected chi connectivity index (χ4v) is 4.61. The summed E-state index contributed by atoms with van der Waals surface area (Å²) in [6.45, 7) is 5.70. The maximum absolute atomic E-state index is 13.6. The van der Waals surface area contributed by atoms with Gasteiger partial charge in [-0.1, -0.05) is 35.1 Å². The van der Waals surface area contributed by atoms with Crippen molar-refractivity contribution in [3.8, 4) is 0 Å². The molecule has 0 fully saturated rings. The fraction of sp³-hybridized carbons (Fsp3) is 0.182. The van der Waals surface area contributed by atoms with E-state index in [2.05, 4.69) is 10.2 Å². The summed E-state index contributed by atoms with van der Waals surface area (Å²) in [5.41, 5.74) is 3.22. The summed E-state index contributed by atoms with van der Waals surface area (Å²) >= 11 is 7.35. The number of carbonyl (C=O) groups is 1. The monoisotopic (exact) mass is 437 g/mol. The zero-order valence-corrected chi connectivity index (χ0v) is 18.0. The summed E-state index contributed by atoms with van der Waals surface area (Å²) in [5, 5.41) is 10.4. The third kappa shape index (κ3) is 2.77. The van der Waals surface area contributed by atoms with E-state index in [-0.39, 0.29) is 11.2 Å². The molecular formula is C22H16ClN3O3S. The number of hydrogen-bond acceptors (Lipinski definition) is 6. The normalized spacial score (nSPS) is 15.8. The van der Waals surface area contributed by atoms with Crippen LogP contribution >= 0.6 is 22.9 Å². The van der Waals surface area contributed by atoms with E-state index in [1.807, 2.05) is 26.8 Å². The minimum absolute atomic E-state index is 0.0450. The molecule has 1 amide bonds. The minimum atomic E-state index is -0.667. The van der Waals surface area contributed by atoms with E-state index in [0.717, 1.165) is 21.7 Å². The molecule has 0 N–H and O–H groups in total. The lowest BCUT2D eigenvalue weighted by Crippen LogP contribution is -2.29. The molecule has 1 atom stereocenters. The van der Waals surface area contributed by atoms with Crippen LogP contribution in [0.1, 0.15) is 43.9 Å². The van der Waals surface area contributed by atoms with Crippen LogP contribution in [0.25, 0.3) is 11.0 Å². The Kier molecular flexibility index (Phi) is 4.27. The predicted molar refractivity (Wildman–Crippen MR) is 117 cm³/mol. The molecule has 150 valence electrons. The zero-order valence-electron chi connectivity index (χ0n) is 16.4. The number of anilines is 1. The van der Waals surface area contributed by atoms with Crippen molar-refractivity contribution in [1.29, 1.82) is 0 Å². The molecule has 8 heteroatoms.